The number of aliphatic hydroxyl groups is 1. The lowest BCUT2D eigenvalue weighted by atomic mass is 10.1. The predicted molar refractivity (Wildman–Crippen MR) is 154 cm³/mol. The number of hydrogen-bond donors (Lipinski definition) is 4. The molecule has 0 atom stereocenters. The summed E-state index contributed by atoms with van der Waals surface area (Å²) in [5.74, 6) is -1.88. The zero-order chi connectivity index (χ0) is 31.6. The highest BCUT2D eigenvalue weighted by Gasteiger charge is 2.30. The molecule has 0 spiro atoms. The molecule has 10 nitrogen and oxygen atoms in total. The van der Waals surface area contributed by atoms with E-state index >= 15 is 0 Å². The van der Waals surface area contributed by atoms with Crippen molar-refractivity contribution in [3.63, 3.8) is 0 Å². The minimum absolute atomic E-state index is 0.0255. The SMILES string of the molecule is CC.CC(C)CO.CNc1nc(N)nn2cc(F)c(-c3ccc4nc(C)n(CC(F)F)c4n3)c12.FC1(F)CCCNC1. The summed E-state index contributed by atoms with van der Waals surface area (Å²) in [7, 11) is 1.62. The number of rotatable bonds is 5. The van der Waals surface area contributed by atoms with Gasteiger partial charge in [-0.1, -0.05) is 27.7 Å². The van der Waals surface area contributed by atoms with Crippen LogP contribution >= 0.6 is 0 Å². The standard InChI is InChI=1S/C16H15F3N8.C5H9F2N.C4H10O.C2H6/c1-7-22-10-4-3-9(23-15(10)26(7)6-11(18)19)12-8(17)5-27-13(12)14(21-2)24-16(20)25-27;6-5(7)2-1-3-8-4-5;1-4(2)3-5;1-2/h3-5,11H,6H2,1-2H3,(H3,20,21,24,25);8H,1-4H2;4-5H,3H2,1-2H3;1-2H3. The van der Waals surface area contributed by atoms with Crippen LogP contribution in [0.1, 0.15) is 46.4 Å². The number of anilines is 2. The molecule has 1 aliphatic heterocycles. The summed E-state index contributed by atoms with van der Waals surface area (Å²) in [6, 6.07) is 3.20. The molecule has 1 saturated heterocycles. The molecular formula is C27H40F5N9O. The molecule has 0 amide bonds. The van der Waals surface area contributed by atoms with E-state index in [2.05, 4.69) is 30.7 Å². The van der Waals surface area contributed by atoms with E-state index in [1.807, 2.05) is 27.7 Å². The fraction of sp³-hybridized carbons (Fsp3) is 0.556. The van der Waals surface area contributed by atoms with Crippen LogP contribution in [-0.4, -0.2) is 73.3 Å². The number of piperidine rings is 1. The number of fused-ring (bicyclic) bond motifs is 2. The Morgan fingerprint density at radius 1 is 1.17 bits per heavy atom. The molecule has 5 heterocycles. The van der Waals surface area contributed by atoms with E-state index in [-0.39, 0.29) is 35.8 Å². The molecule has 42 heavy (non-hydrogen) atoms. The average molecular weight is 602 g/mol. The van der Waals surface area contributed by atoms with Gasteiger partial charge in [-0.3, -0.25) is 0 Å². The number of aryl methyl sites for hydroxylation is 1. The first-order chi connectivity index (χ1) is 19.9. The topological polar surface area (TPSA) is 131 Å². The van der Waals surface area contributed by atoms with Gasteiger partial charge in [-0.25, -0.2) is 36.4 Å². The van der Waals surface area contributed by atoms with Crippen molar-refractivity contribution >= 4 is 28.4 Å². The first-order valence-electron chi connectivity index (χ1n) is 13.7. The van der Waals surface area contributed by atoms with E-state index in [1.54, 1.807) is 26.1 Å². The number of pyridine rings is 1. The van der Waals surface area contributed by atoms with Gasteiger partial charge in [0, 0.05) is 20.1 Å². The van der Waals surface area contributed by atoms with Crippen molar-refractivity contribution in [2.45, 2.75) is 66.4 Å². The quantitative estimate of drug-likeness (QED) is 0.231. The maximum Gasteiger partial charge on any atom is 0.260 e. The van der Waals surface area contributed by atoms with Crippen LogP contribution in [0.4, 0.5) is 33.7 Å². The zero-order valence-corrected chi connectivity index (χ0v) is 24.7. The maximum atomic E-state index is 14.7. The summed E-state index contributed by atoms with van der Waals surface area (Å²) >= 11 is 0. The highest BCUT2D eigenvalue weighted by molar-refractivity contribution is 5.89. The molecule has 5 N–H and O–H groups in total. The summed E-state index contributed by atoms with van der Waals surface area (Å²) in [6.45, 7) is 9.94. The van der Waals surface area contributed by atoms with Crippen molar-refractivity contribution in [3.05, 3.63) is 30.0 Å². The first kappa shape index (κ1) is 34.6. The number of aliphatic hydroxyl groups excluding tert-OH is 1. The Kier molecular flexibility index (Phi) is 12.8. The molecule has 0 aliphatic carbocycles. The van der Waals surface area contributed by atoms with Crippen molar-refractivity contribution in [1.29, 1.82) is 0 Å². The van der Waals surface area contributed by atoms with Gasteiger partial charge in [0.25, 0.3) is 12.3 Å². The summed E-state index contributed by atoms with van der Waals surface area (Å²) in [4.78, 5) is 12.7. The van der Waals surface area contributed by atoms with Gasteiger partial charge < -0.3 is 26.0 Å². The van der Waals surface area contributed by atoms with Crippen LogP contribution in [0.25, 0.3) is 27.9 Å². The molecule has 0 saturated carbocycles. The van der Waals surface area contributed by atoms with Gasteiger partial charge >= 0.3 is 0 Å². The number of nitrogens with zero attached hydrogens (tertiary/aromatic N) is 6. The number of nitrogens with one attached hydrogen (secondary N) is 2. The van der Waals surface area contributed by atoms with Crippen LogP contribution in [-0.2, 0) is 6.54 Å². The predicted octanol–water partition coefficient (Wildman–Crippen LogP) is 5.14. The van der Waals surface area contributed by atoms with Crippen molar-refractivity contribution in [3.8, 4) is 11.3 Å². The van der Waals surface area contributed by atoms with Crippen molar-refractivity contribution in [2.75, 3.05) is 37.8 Å². The smallest absolute Gasteiger partial charge is 0.260 e. The van der Waals surface area contributed by atoms with Crippen molar-refractivity contribution in [1.82, 2.24) is 34.4 Å². The molecule has 0 aromatic carbocycles. The van der Waals surface area contributed by atoms with E-state index in [1.165, 1.54) is 9.08 Å². The summed E-state index contributed by atoms with van der Waals surface area (Å²) in [6.07, 6.45) is -0.740. The van der Waals surface area contributed by atoms with Gasteiger partial charge in [0.15, 0.2) is 17.3 Å². The molecule has 5 rings (SSSR count). The summed E-state index contributed by atoms with van der Waals surface area (Å²) in [5, 5.41) is 17.6. The van der Waals surface area contributed by atoms with Gasteiger partial charge in [0.05, 0.1) is 30.5 Å². The van der Waals surface area contributed by atoms with Crippen molar-refractivity contribution < 1.29 is 27.1 Å². The van der Waals surface area contributed by atoms with Crippen LogP contribution in [0.3, 0.4) is 0 Å². The highest BCUT2D eigenvalue weighted by Crippen LogP contribution is 2.32. The number of aromatic nitrogens is 6. The fourth-order valence-corrected chi connectivity index (χ4v) is 3.93. The second-order valence-electron chi connectivity index (χ2n) is 9.63. The second-order valence-corrected chi connectivity index (χ2v) is 9.63. The fourth-order valence-electron chi connectivity index (χ4n) is 3.93. The van der Waals surface area contributed by atoms with Gasteiger partial charge in [0.1, 0.15) is 16.9 Å². The Morgan fingerprint density at radius 2 is 1.83 bits per heavy atom. The van der Waals surface area contributed by atoms with E-state index in [9.17, 15) is 22.0 Å². The molecule has 0 radical (unpaired) electrons. The number of imidazole rings is 1. The maximum absolute atomic E-state index is 14.7. The molecule has 234 valence electrons. The van der Waals surface area contributed by atoms with E-state index in [0.29, 0.717) is 41.6 Å². The van der Waals surface area contributed by atoms with E-state index in [0.717, 1.165) is 12.7 Å². The van der Waals surface area contributed by atoms with Crippen LogP contribution in [0, 0.1) is 18.7 Å². The van der Waals surface area contributed by atoms with Crippen LogP contribution < -0.4 is 16.4 Å². The summed E-state index contributed by atoms with van der Waals surface area (Å²) < 4.78 is 67.4. The van der Waals surface area contributed by atoms with Gasteiger partial charge in [-0.05, 0) is 37.9 Å². The number of alkyl halides is 4. The highest BCUT2D eigenvalue weighted by atomic mass is 19.3. The van der Waals surface area contributed by atoms with Crippen LogP contribution in [0.2, 0.25) is 0 Å². The minimum Gasteiger partial charge on any atom is -0.396 e. The van der Waals surface area contributed by atoms with E-state index < -0.39 is 24.7 Å². The molecule has 0 unspecified atom stereocenters. The second kappa shape index (κ2) is 15.6. The first-order valence-corrected chi connectivity index (χ1v) is 13.7. The number of nitrogen functional groups attached to an aromatic ring is 1. The Hall–Kier alpha value is -3.59. The molecule has 4 aromatic heterocycles. The molecule has 1 fully saturated rings. The third-order valence-corrected chi connectivity index (χ3v) is 5.84. The van der Waals surface area contributed by atoms with Gasteiger partial charge in [-0.2, -0.15) is 4.98 Å². The normalized spacial score (nSPS) is 14.1. The lowest BCUT2D eigenvalue weighted by molar-refractivity contribution is -0.0208. The van der Waals surface area contributed by atoms with E-state index in [4.69, 9.17) is 10.8 Å². The monoisotopic (exact) mass is 601 g/mol. The number of hydrogen-bond acceptors (Lipinski definition) is 8. The Balaban J connectivity index is 0.000000339. The number of halogens is 5. The zero-order valence-electron chi connectivity index (χ0n) is 24.7. The van der Waals surface area contributed by atoms with Crippen LogP contribution in [0.15, 0.2) is 18.3 Å². The molecule has 0 bridgehead atoms. The lowest BCUT2D eigenvalue weighted by Gasteiger charge is -2.21. The lowest BCUT2D eigenvalue weighted by Crippen LogP contribution is -2.38. The number of nitrogens with two attached hydrogens (primary N) is 1. The molecule has 4 aromatic rings. The van der Waals surface area contributed by atoms with Crippen LogP contribution in [0.5, 0.6) is 0 Å². The summed E-state index contributed by atoms with van der Waals surface area (Å²) in [5.41, 5.74) is 7.08. The Labute approximate surface area is 241 Å². The van der Waals surface area contributed by atoms with Gasteiger partial charge in [-0.15, -0.1) is 5.10 Å². The van der Waals surface area contributed by atoms with Crippen molar-refractivity contribution in [2.24, 2.45) is 5.92 Å². The molecule has 15 heteroatoms. The Bertz CT molecular complexity index is 1410. The largest absolute Gasteiger partial charge is 0.396 e. The molecular weight excluding hydrogens is 561 g/mol. The van der Waals surface area contributed by atoms with Gasteiger partial charge in [0.2, 0.25) is 5.95 Å². The third-order valence-electron chi connectivity index (χ3n) is 5.84. The average Bonchev–Trinajstić information content (AvgIpc) is 3.44. The molecule has 1 aliphatic rings. The third kappa shape index (κ3) is 8.95. The minimum atomic E-state index is -2.56. The Morgan fingerprint density at radius 3 is 2.33 bits per heavy atom.